The van der Waals surface area contributed by atoms with Gasteiger partial charge in [-0.05, 0) is 0 Å². The van der Waals surface area contributed by atoms with Gasteiger partial charge in [0, 0.05) is 13.7 Å². The van der Waals surface area contributed by atoms with Gasteiger partial charge in [0.05, 0.1) is 0 Å². The molecule has 0 bridgehead atoms. The topological polar surface area (TPSA) is 0 Å². The number of hydrogen-bond donors (Lipinski definition) is 0. The first kappa shape index (κ1) is 0.667. The molecule has 0 N–H and O–H groups in total. The summed E-state index contributed by atoms with van der Waals surface area (Å²) in [5.41, 5.74) is 0. The maximum atomic E-state index is 7.35. The van der Waals surface area contributed by atoms with Crippen LogP contribution in [0.1, 0.15) is 53.0 Å². The van der Waals surface area contributed by atoms with Crippen LogP contribution in [0.15, 0.2) is 0 Å². The minimum absolute atomic E-state index is 1.05. The van der Waals surface area contributed by atoms with Crippen molar-refractivity contribution in [2.45, 2.75) is 39.3 Å². The fraction of sp³-hybridized carbons (Fsp3) is 1.00. The third kappa shape index (κ3) is 4.00. The van der Waals surface area contributed by atoms with Crippen LogP contribution >= 0.6 is 0 Å². The fourth-order valence-electron chi connectivity index (χ4n) is 0.108. The molecule has 0 nitrogen and oxygen atoms in total. The van der Waals surface area contributed by atoms with Crippen molar-refractivity contribution in [2.24, 2.45) is 0 Å². The molecule has 1 unspecified atom stereocenters. The summed E-state index contributed by atoms with van der Waals surface area (Å²) in [6.07, 6.45) is -11.1. The molecular weight excluding hydrogens is 72.1 g/mol. The Morgan fingerprint density at radius 2 is 2.50 bits per heavy atom. The average molecular weight is 96.2 g/mol. The van der Waals surface area contributed by atoms with E-state index in [0.717, 1.165) is 6.92 Å². The predicted octanol–water partition coefficient (Wildman–Crippen LogP) is 2.59. The highest BCUT2D eigenvalue weighted by atomic mass is 13.8. The van der Waals surface area contributed by atoms with E-state index in [1.54, 1.807) is 0 Å². The van der Waals surface area contributed by atoms with Crippen LogP contribution in [-0.2, 0) is 0 Å². The van der Waals surface area contributed by atoms with Crippen molar-refractivity contribution in [3.8, 4) is 0 Å². The summed E-state index contributed by atoms with van der Waals surface area (Å²) in [6, 6.07) is 0. The zero-order valence-electron chi connectivity index (χ0n) is 13.6. The SMILES string of the molecule is [2H]C(C)C([2H])([2H])C([2H])([2H])C([2H])([2H])C([2H])([2H])[2H]. The second-order valence-corrected chi connectivity index (χ2v) is 0.683. The zero-order chi connectivity index (χ0) is 13.6. The van der Waals surface area contributed by atoms with Gasteiger partial charge in [-0.2, -0.15) is 0 Å². The van der Waals surface area contributed by atoms with Gasteiger partial charge in [-0.15, -0.1) is 0 Å². The molecule has 0 saturated heterocycles. The molecule has 0 saturated carbocycles. The largest absolute Gasteiger partial charge is 0.0654 e. The lowest BCUT2D eigenvalue weighted by atomic mass is 10.2. The summed E-state index contributed by atoms with van der Waals surface area (Å²) in [5.74, 6) is 0. The van der Waals surface area contributed by atoms with Gasteiger partial charge in [-0.1, -0.05) is 39.3 Å². The third-order valence-corrected chi connectivity index (χ3v) is 0.279. The van der Waals surface area contributed by atoms with Crippen molar-refractivity contribution < 1.29 is 13.7 Å². The highest BCUT2D eigenvalue weighted by Gasteiger charge is 1.75. The Balaban J connectivity index is 5.53. The van der Waals surface area contributed by atoms with Crippen molar-refractivity contribution in [1.29, 1.82) is 0 Å². The summed E-state index contributed by atoms with van der Waals surface area (Å²) in [6.45, 7) is -2.24. The minimum Gasteiger partial charge on any atom is -0.0654 e. The summed E-state index contributed by atoms with van der Waals surface area (Å²) < 4.78 is 71.7. The molecule has 38 valence electrons. The lowest BCUT2D eigenvalue weighted by Gasteiger charge is -1.86. The van der Waals surface area contributed by atoms with E-state index in [1.807, 2.05) is 0 Å². The normalized spacial score (nSPS) is 48.2. The van der Waals surface area contributed by atoms with E-state index >= 15 is 0 Å². The van der Waals surface area contributed by atoms with Crippen LogP contribution in [0.4, 0.5) is 0 Å². The van der Waals surface area contributed by atoms with Gasteiger partial charge in [0.15, 0.2) is 0 Å². The molecule has 0 heteroatoms. The van der Waals surface area contributed by atoms with Crippen LogP contribution in [-0.4, -0.2) is 0 Å². The van der Waals surface area contributed by atoms with Gasteiger partial charge in [-0.25, -0.2) is 0 Å². The van der Waals surface area contributed by atoms with E-state index in [2.05, 4.69) is 0 Å². The molecule has 0 aromatic rings. The quantitative estimate of drug-likeness (QED) is 0.506. The molecule has 0 spiro atoms. The smallest absolute Gasteiger partial charge is 0.0266 e. The van der Waals surface area contributed by atoms with Crippen LogP contribution in [0.2, 0.25) is 0 Å². The van der Waals surface area contributed by atoms with Gasteiger partial charge >= 0.3 is 0 Å². The summed E-state index contributed by atoms with van der Waals surface area (Å²) in [4.78, 5) is 0. The molecule has 0 amide bonds. The first-order valence-electron chi connectivity index (χ1n) is 6.69. The van der Waals surface area contributed by atoms with Crippen LogP contribution in [0, 0.1) is 0 Å². The lowest BCUT2D eigenvalue weighted by molar-refractivity contribution is 0.702. The van der Waals surface area contributed by atoms with Crippen molar-refractivity contribution >= 4 is 0 Å². The Labute approximate surface area is 54.6 Å². The Morgan fingerprint density at radius 1 is 1.67 bits per heavy atom. The van der Waals surface area contributed by atoms with Crippen LogP contribution in [0.3, 0.4) is 0 Å². The van der Waals surface area contributed by atoms with Gasteiger partial charge in [0.25, 0.3) is 0 Å². The van der Waals surface area contributed by atoms with Gasteiger partial charge in [0.1, 0.15) is 0 Å². The molecule has 0 aliphatic carbocycles. The monoisotopic (exact) mass is 96.2 g/mol. The number of rotatable bonds is 3. The Hall–Kier alpha value is 0. The van der Waals surface area contributed by atoms with Crippen LogP contribution in [0.5, 0.6) is 0 Å². The van der Waals surface area contributed by atoms with Gasteiger partial charge in [-0.3, -0.25) is 0 Å². The average Bonchev–Trinajstić information content (AvgIpc) is 2.00. The highest BCUT2D eigenvalue weighted by molar-refractivity contribution is 4.31. The fourth-order valence-corrected chi connectivity index (χ4v) is 0.108. The second-order valence-electron chi connectivity index (χ2n) is 0.683. The first-order chi connectivity index (χ1) is 6.69. The molecule has 0 aliphatic heterocycles. The molecule has 0 aromatic heterocycles. The Kier molecular flexibility index (Phi) is 0.556. The van der Waals surface area contributed by atoms with Gasteiger partial charge in [0.2, 0.25) is 0 Å². The molecule has 0 heterocycles. The Morgan fingerprint density at radius 3 is 3.00 bits per heavy atom. The molecular formula is C6H14. The van der Waals surface area contributed by atoms with E-state index in [1.165, 1.54) is 0 Å². The molecule has 0 radical (unpaired) electrons. The zero-order valence-corrected chi connectivity index (χ0v) is 3.58. The van der Waals surface area contributed by atoms with E-state index in [4.69, 9.17) is 13.7 Å². The molecule has 0 rings (SSSR count). The third-order valence-electron chi connectivity index (χ3n) is 0.279. The molecule has 0 fully saturated rings. The van der Waals surface area contributed by atoms with Crippen molar-refractivity contribution in [2.75, 3.05) is 0 Å². The second kappa shape index (κ2) is 5.00. The predicted molar refractivity (Wildman–Crippen MR) is 29.8 cm³/mol. The standard InChI is InChI=1S/C6H14/c1-3-5-6-4-2/h3-6H2,1-2H3/i1D3,3D2,4D,5D2,6D2. The van der Waals surface area contributed by atoms with E-state index < -0.39 is 32.4 Å². The molecule has 0 aromatic carbocycles. The molecule has 0 aliphatic rings. The highest BCUT2D eigenvalue weighted by Crippen LogP contribution is 1.95. The number of hydrogen-bond acceptors (Lipinski definition) is 0. The van der Waals surface area contributed by atoms with Crippen molar-refractivity contribution in [3.05, 3.63) is 0 Å². The van der Waals surface area contributed by atoms with Gasteiger partial charge < -0.3 is 0 Å². The summed E-state index contributed by atoms with van der Waals surface area (Å²) in [5, 5.41) is 0. The van der Waals surface area contributed by atoms with E-state index in [9.17, 15) is 0 Å². The summed E-state index contributed by atoms with van der Waals surface area (Å²) in [7, 11) is 0. The van der Waals surface area contributed by atoms with Crippen LogP contribution in [0.25, 0.3) is 0 Å². The Bertz CT molecular complexity index is 249. The van der Waals surface area contributed by atoms with Crippen molar-refractivity contribution in [1.82, 2.24) is 0 Å². The molecule has 1 atom stereocenters. The van der Waals surface area contributed by atoms with Crippen molar-refractivity contribution in [3.63, 3.8) is 0 Å². The lowest BCUT2D eigenvalue weighted by Crippen LogP contribution is -1.66. The summed E-state index contributed by atoms with van der Waals surface area (Å²) >= 11 is 0. The van der Waals surface area contributed by atoms with E-state index in [-0.39, 0.29) is 0 Å². The van der Waals surface area contributed by atoms with E-state index in [0.29, 0.717) is 0 Å². The molecule has 6 heavy (non-hydrogen) atoms. The minimum atomic E-state index is -3.36. The maximum Gasteiger partial charge on any atom is 0.0266 e. The first-order valence-corrected chi connectivity index (χ1v) is 1.62. The maximum absolute atomic E-state index is 7.35. The van der Waals surface area contributed by atoms with Crippen LogP contribution < -0.4 is 0 Å².